The number of ether oxygens (including phenoxy) is 1. The number of rotatable bonds is 6. The average molecular weight is 344 g/mol. The van der Waals surface area contributed by atoms with E-state index in [0.29, 0.717) is 22.7 Å². The Morgan fingerprint density at radius 2 is 2.04 bits per heavy atom. The summed E-state index contributed by atoms with van der Waals surface area (Å²) in [6.45, 7) is -0.531. The number of halogens is 2. The van der Waals surface area contributed by atoms with E-state index < -0.39 is 18.9 Å². The molecule has 3 rings (SSSR count). The summed E-state index contributed by atoms with van der Waals surface area (Å²) in [6, 6.07) is 10.1. The molecule has 0 unspecified atom stereocenters. The Morgan fingerprint density at radius 1 is 1.20 bits per heavy atom. The third-order valence-electron chi connectivity index (χ3n) is 3.21. The second-order valence-corrected chi connectivity index (χ2v) is 5.08. The number of benzene rings is 1. The Morgan fingerprint density at radius 3 is 2.80 bits per heavy atom. The van der Waals surface area contributed by atoms with Gasteiger partial charge < -0.3 is 10.1 Å². The number of hydrogen-bond donors (Lipinski definition) is 1. The predicted octanol–water partition coefficient (Wildman–Crippen LogP) is 3.59. The molecular formula is C17H14F2N4O2. The molecule has 0 aliphatic heterocycles. The largest absolute Gasteiger partial charge is 0.455 e. The van der Waals surface area contributed by atoms with Crippen LogP contribution in [0.3, 0.4) is 0 Å². The van der Waals surface area contributed by atoms with E-state index in [1.54, 1.807) is 42.6 Å². The summed E-state index contributed by atoms with van der Waals surface area (Å²) in [5.41, 5.74) is 0.620. The first kappa shape index (κ1) is 16.6. The van der Waals surface area contributed by atoms with Crippen molar-refractivity contribution < 1.29 is 18.3 Å². The van der Waals surface area contributed by atoms with Crippen molar-refractivity contribution in [1.29, 1.82) is 0 Å². The molecule has 1 N–H and O–H groups in total. The zero-order valence-electron chi connectivity index (χ0n) is 13.0. The van der Waals surface area contributed by atoms with Crippen LogP contribution < -0.4 is 10.1 Å². The van der Waals surface area contributed by atoms with Crippen LogP contribution in [0.2, 0.25) is 0 Å². The minimum atomic E-state index is -2.52. The zero-order valence-corrected chi connectivity index (χ0v) is 13.0. The molecule has 128 valence electrons. The number of para-hydroxylation sites is 1. The van der Waals surface area contributed by atoms with Gasteiger partial charge in [-0.15, -0.1) is 0 Å². The zero-order chi connectivity index (χ0) is 17.6. The molecule has 0 saturated heterocycles. The summed E-state index contributed by atoms with van der Waals surface area (Å²) in [5.74, 6) is 0.413. The van der Waals surface area contributed by atoms with Crippen LogP contribution in [0.4, 0.5) is 14.5 Å². The van der Waals surface area contributed by atoms with Crippen LogP contribution in [0.15, 0.2) is 61.2 Å². The van der Waals surface area contributed by atoms with Crippen LogP contribution in [-0.2, 0) is 6.54 Å². The Labute approximate surface area is 142 Å². The molecule has 0 saturated carbocycles. The van der Waals surface area contributed by atoms with Crippen LogP contribution in [0.5, 0.6) is 11.5 Å². The van der Waals surface area contributed by atoms with Gasteiger partial charge in [0.2, 0.25) is 0 Å². The van der Waals surface area contributed by atoms with Crippen LogP contribution >= 0.6 is 0 Å². The van der Waals surface area contributed by atoms with E-state index in [9.17, 15) is 13.6 Å². The highest BCUT2D eigenvalue weighted by molar-refractivity contribution is 6.06. The number of amides is 1. The van der Waals surface area contributed by atoms with E-state index in [1.807, 2.05) is 0 Å². The summed E-state index contributed by atoms with van der Waals surface area (Å²) in [6.07, 6.45) is 3.28. The maximum atomic E-state index is 12.5. The molecule has 0 atom stereocenters. The minimum absolute atomic E-state index is 0.299. The third-order valence-corrected chi connectivity index (χ3v) is 3.21. The first-order chi connectivity index (χ1) is 12.1. The number of anilines is 1. The maximum Gasteiger partial charge on any atom is 0.259 e. The molecule has 0 bridgehead atoms. The lowest BCUT2D eigenvalue weighted by atomic mass is 10.2. The van der Waals surface area contributed by atoms with Crippen LogP contribution in [0.1, 0.15) is 10.4 Å². The van der Waals surface area contributed by atoms with Crippen LogP contribution in [-0.4, -0.2) is 27.1 Å². The fourth-order valence-corrected chi connectivity index (χ4v) is 2.15. The molecule has 2 heterocycles. The van der Waals surface area contributed by atoms with Gasteiger partial charge in [-0.25, -0.2) is 8.78 Å². The fraction of sp³-hybridized carbons (Fsp3) is 0.118. The van der Waals surface area contributed by atoms with Crippen molar-refractivity contribution in [2.75, 3.05) is 5.32 Å². The van der Waals surface area contributed by atoms with Gasteiger partial charge in [-0.3, -0.25) is 14.5 Å². The van der Waals surface area contributed by atoms with Crippen molar-refractivity contribution in [3.8, 4) is 11.5 Å². The highest BCUT2D eigenvalue weighted by atomic mass is 19.3. The van der Waals surface area contributed by atoms with E-state index >= 15 is 0 Å². The van der Waals surface area contributed by atoms with Crippen molar-refractivity contribution in [2.45, 2.75) is 13.0 Å². The van der Waals surface area contributed by atoms with Crippen molar-refractivity contribution in [2.24, 2.45) is 0 Å². The molecule has 0 fully saturated rings. The number of alkyl halides is 2. The SMILES string of the molecule is O=C(Nc1cnn(CC(F)F)c1)c1ccccc1Oc1cccnc1. The topological polar surface area (TPSA) is 69.0 Å². The van der Waals surface area contributed by atoms with Crippen molar-refractivity contribution in [1.82, 2.24) is 14.8 Å². The van der Waals surface area contributed by atoms with Gasteiger partial charge in [-0.2, -0.15) is 5.10 Å². The van der Waals surface area contributed by atoms with Crippen LogP contribution in [0, 0.1) is 0 Å². The standard InChI is InChI=1S/C17H14F2N4O2/c18-16(19)11-23-10-12(8-21-23)22-17(24)14-5-1-2-6-15(14)25-13-4-3-7-20-9-13/h1-10,16H,11H2,(H,22,24). The van der Waals surface area contributed by atoms with Gasteiger partial charge in [0.25, 0.3) is 12.3 Å². The van der Waals surface area contributed by atoms with Gasteiger partial charge in [-0.1, -0.05) is 12.1 Å². The first-order valence-corrected chi connectivity index (χ1v) is 7.40. The van der Waals surface area contributed by atoms with Crippen molar-refractivity contribution in [3.63, 3.8) is 0 Å². The van der Waals surface area contributed by atoms with Gasteiger partial charge in [0.15, 0.2) is 0 Å². The summed E-state index contributed by atoms with van der Waals surface area (Å²) in [7, 11) is 0. The van der Waals surface area contributed by atoms with Crippen molar-refractivity contribution >= 4 is 11.6 Å². The monoisotopic (exact) mass is 344 g/mol. The van der Waals surface area contributed by atoms with E-state index in [1.165, 1.54) is 18.6 Å². The molecule has 1 amide bonds. The molecular weight excluding hydrogens is 330 g/mol. The first-order valence-electron chi connectivity index (χ1n) is 7.40. The van der Waals surface area contributed by atoms with Crippen molar-refractivity contribution in [3.05, 3.63) is 66.7 Å². The molecule has 6 nitrogen and oxygen atoms in total. The molecule has 0 aliphatic rings. The molecule has 8 heteroatoms. The highest BCUT2D eigenvalue weighted by Gasteiger charge is 2.14. The van der Waals surface area contributed by atoms with E-state index in [4.69, 9.17) is 4.74 Å². The summed E-state index contributed by atoms with van der Waals surface area (Å²) < 4.78 is 31.4. The quantitative estimate of drug-likeness (QED) is 0.742. The fourth-order valence-electron chi connectivity index (χ4n) is 2.15. The molecule has 25 heavy (non-hydrogen) atoms. The number of carbonyl (C=O) groups excluding carboxylic acids is 1. The summed E-state index contributed by atoms with van der Waals surface area (Å²) >= 11 is 0. The van der Waals surface area contributed by atoms with Gasteiger partial charge in [0, 0.05) is 12.4 Å². The van der Waals surface area contributed by atoms with E-state index in [0.717, 1.165) is 4.68 Å². The summed E-state index contributed by atoms with van der Waals surface area (Å²) in [5, 5.41) is 6.39. The van der Waals surface area contributed by atoms with Gasteiger partial charge in [0.05, 0.1) is 23.6 Å². The van der Waals surface area contributed by atoms with Gasteiger partial charge in [-0.05, 0) is 24.3 Å². The molecule has 2 aromatic heterocycles. The summed E-state index contributed by atoms with van der Waals surface area (Å²) in [4.78, 5) is 16.4. The van der Waals surface area contributed by atoms with E-state index in [2.05, 4.69) is 15.4 Å². The Bertz CT molecular complexity index is 853. The third kappa shape index (κ3) is 4.37. The maximum absolute atomic E-state index is 12.5. The highest BCUT2D eigenvalue weighted by Crippen LogP contribution is 2.25. The molecule has 3 aromatic rings. The lowest BCUT2D eigenvalue weighted by Gasteiger charge is -2.10. The molecule has 0 radical (unpaired) electrons. The predicted molar refractivity (Wildman–Crippen MR) is 86.9 cm³/mol. The second kappa shape index (κ2) is 7.52. The number of nitrogens with zero attached hydrogens (tertiary/aromatic N) is 3. The molecule has 1 aromatic carbocycles. The lowest BCUT2D eigenvalue weighted by molar-refractivity contribution is 0.102. The van der Waals surface area contributed by atoms with Crippen LogP contribution in [0.25, 0.3) is 0 Å². The Balaban J connectivity index is 1.75. The smallest absolute Gasteiger partial charge is 0.259 e. The van der Waals surface area contributed by atoms with Gasteiger partial charge >= 0.3 is 0 Å². The average Bonchev–Trinajstić information content (AvgIpc) is 3.02. The number of nitrogens with one attached hydrogen (secondary N) is 1. The molecule has 0 aliphatic carbocycles. The Hall–Kier alpha value is -3.29. The normalized spacial score (nSPS) is 10.7. The minimum Gasteiger partial charge on any atom is -0.455 e. The molecule has 0 spiro atoms. The van der Waals surface area contributed by atoms with E-state index in [-0.39, 0.29) is 0 Å². The second-order valence-electron chi connectivity index (χ2n) is 5.08. The number of carbonyl (C=O) groups is 1. The Kier molecular flexibility index (Phi) is 4.98. The number of aromatic nitrogens is 3. The lowest BCUT2D eigenvalue weighted by Crippen LogP contribution is -2.12. The van der Waals surface area contributed by atoms with Gasteiger partial charge in [0.1, 0.15) is 18.0 Å². The number of pyridine rings is 1. The number of hydrogen-bond acceptors (Lipinski definition) is 4.